The van der Waals surface area contributed by atoms with E-state index >= 15 is 0 Å². The lowest BCUT2D eigenvalue weighted by Gasteiger charge is -2.35. The zero-order valence-electron chi connectivity index (χ0n) is 13.3. The Morgan fingerprint density at radius 2 is 2.10 bits per heavy atom. The fourth-order valence-corrected chi connectivity index (χ4v) is 3.06. The SMILES string of the molecule is COCCCN1CCC(=O)N(CC2CC2)[C@H](C(C)C)C1. The minimum atomic E-state index is 0.366. The highest BCUT2D eigenvalue weighted by molar-refractivity contribution is 5.77. The lowest BCUT2D eigenvalue weighted by atomic mass is 10.0. The van der Waals surface area contributed by atoms with Crippen molar-refractivity contribution in [3.8, 4) is 0 Å². The van der Waals surface area contributed by atoms with E-state index < -0.39 is 0 Å². The van der Waals surface area contributed by atoms with Gasteiger partial charge in [0.1, 0.15) is 0 Å². The molecule has 0 spiro atoms. The monoisotopic (exact) mass is 282 g/mol. The Morgan fingerprint density at radius 3 is 2.70 bits per heavy atom. The molecule has 2 aliphatic rings. The van der Waals surface area contributed by atoms with E-state index in [2.05, 4.69) is 23.6 Å². The van der Waals surface area contributed by atoms with E-state index in [0.717, 1.165) is 45.1 Å². The van der Waals surface area contributed by atoms with Gasteiger partial charge in [0.15, 0.2) is 0 Å². The van der Waals surface area contributed by atoms with Crippen LogP contribution >= 0.6 is 0 Å². The van der Waals surface area contributed by atoms with Crippen molar-refractivity contribution in [3.63, 3.8) is 0 Å². The van der Waals surface area contributed by atoms with Crippen molar-refractivity contribution in [2.75, 3.05) is 39.9 Å². The van der Waals surface area contributed by atoms with Crippen LogP contribution in [0.5, 0.6) is 0 Å². The maximum absolute atomic E-state index is 12.4. The van der Waals surface area contributed by atoms with Crippen LogP contribution < -0.4 is 0 Å². The van der Waals surface area contributed by atoms with Crippen LogP contribution in [0.4, 0.5) is 0 Å². The molecule has 0 unspecified atom stereocenters. The molecule has 2 fully saturated rings. The predicted octanol–water partition coefficient (Wildman–Crippen LogP) is 1.99. The smallest absolute Gasteiger partial charge is 0.224 e. The topological polar surface area (TPSA) is 32.8 Å². The third-order valence-electron chi connectivity index (χ3n) is 4.55. The normalized spacial score (nSPS) is 25.3. The molecule has 0 bridgehead atoms. The Bertz CT molecular complexity index is 316. The molecular formula is C16H30N2O2. The molecule has 1 amide bonds. The van der Waals surface area contributed by atoms with Crippen molar-refractivity contribution in [3.05, 3.63) is 0 Å². The number of hydrogen-bond donors (Lipinski definition) is 0. The molecule has 4 nitrogen and oxygen atoms in total. The fourth-order valence-electron chi connectivity index (χ4n) is 3.06. The van der Waals surface area contributed by atoms with Crippen molar-refractivity contribution >= 4 is 5.91 Å². The zero-order valence-corrected chi connectivity index (χ0v) is 13.3. The highest BCUT2D eigenvalue weighted by atomic mass is 16.5. The van der Waals surface area contributed by atoms with Crippen LogP contribution in [0, 0.1) is 11.8 Å². The van der Waals surface area contributed by atoms with Crippen molar-refractivity contribution in [1.82, 2.24) is 9.80 Å². The minimum absolute atomic E-state index is 0.366. The van der Waals surface area contributed by atoms with Gasteiger partial charge in [-0.3, -0.25) is 4.79 Å². The van der Waals surface area contributed by atoms with E-state index in [1.807, 2.05) is 0 Å². The first-order valence-corrected chi connectivity index (χ1v) is 8.12. The summed E-state index contributed by atoms with van der Waals surface area (Å²) in [7, 11) is 1.75. The predicted molar refractivity (Wildman–Crippen MR) is 80.6 cm³/mol. The molecule has 1 aliphatic carbocycles. The van der Waals surface area contributed by atoms with E-state index in [-0.39, 0.29) is 0 Å². The molecule has 1 heterocycles. The third kappa shape index (κ3) is 4.45. The molecule has 116 valence electrons. The van der Waals surface area contributed by atoms with Crippen molar-refractivity contribution in [2.24, 2.45) is 11.8 Å². The first-order valence-electron chi connectivity index (χ1n) is 8.12. The second-order valence-electron chi connectivity index (χ2n) is 6.70. The molecule has 0 aromatic carbocycles. The number of ether oxygens (including phenoxy) is 1. The Balaban J connectivity index is 1.96. The molecule has 1 saturated heterocycles. The summed E-state index contributed by atoms with van der Waals surface area (Å²) in [4.78, 5) is 17.1. The Kier molecular flexibility index (Phi) is 5.85. The lowest BCUT2D eigenvalue weighted by Crippen LogP contribution is -2.47. The lowest BCUT2D eigenvalue weighted by molar-refractivity contribution is -0.133. The molecule has 0 aromatic rings. The van der Waals surface area contributed by atoms with Gasteiger partial charge in [0.25, 0.3) is 0 Å². The molecular weight excluding hydrogens is 252 g/mol. The van der Waals surface area contributed by atoms with E-state index in [9.17, 15) is 4.79 Å². The largest absolute Gasteiger partial charge is 0.385 e. The van der Waals surface area contributed by atoms with Crippen LogP contribution in [-0.4, -0.2) is 61.6 Å². The summed E-state index contributed by atoms with van der Waals surface area (Å²) in [5, 5.41) is 0. The van der Waals surface area contributed by atoms with Gasteiger partial charge in [0.2, 0.25) is 5.91 Å². The average molecular weight is 282 g/mol. The third-order valence-corrected chi connectivity index (χ3v) is 4.55. The number of carbonyl (C=O) groups is 1. The average Bonchev–Trinajstić information content (AvgIpc) is 3.22. The number of hydrogen-bond acceptors (Lipinski definition) is 3. The summed E-state index contributed by atoms with van der Waals surface area (Å²) in [6.07, 6.45) is 4.36. The van der Waals surface area contributed by atoms with Gasteiger partial charge < -0.3 is 14.5 Å². The first-order chi connectivity index (χ1) is 9.61. The molecule has 2 rings (SSSR count). The number of methoxy groups -OCH3 is 1. The van der Waals surface area contributed by atoms with E-state index in [1.165, 1.54) is 12.8 Å². The molecule has 0 radical (unpaired) electrons. The standard InChI is InChI=1S/C16H30N2O2/c1-13(2)15-12-17(8-4-10-20-3)9-7-16(19)18(15)11-14-5-6-14/h13-15H,4-12H2,1-3H3/t15-/m0/s1. The second kappa shape index (κ2) is 7.41. The van der Waals surface area contributed by atoms with Crippen molar-refractivity contribution in [1.29, 1.82) is 0 Å². The summed E-state index contributed by atoms with van der Waals surface area (Å²) >= 11 is 0. The van der Waals surface area contributed by atoms with Crippen molar-refractivity contribution < 1.29 is 9.53 Å². The Morgan fingerprint density at radius 1 is 1.35 bits per heavy atom. The second-order valence-corrected chi connectivity index (χ2v) is 6.70. The molecule has 4 heteroatoms. The number of nitrogens with zero attached hydrogens (tertiary/aromatic N) is 2. The number of carbonyl (C=O) groups excluding carboxylic acids is 1. The van der Waals surface area contributed by atoms with Crippen molar-refractivity contribution in [2.45, 2.75) is 45.6 Å². The summed E-state index contributed by atoms with van der Waals surface area (Å²) in [5.41, 5.74) is 0. The minimum Gasteiger partial charge on any atom is -0.385 e. The maximum Gasteiger partial charge on any atom is 0.224 e. The van der Waals surface area contributed by atoms with Crippen LogP contribution in [0.25, 0.3) is 0 Å². The highest BCUT2D eigenvalue weighted by Gasteiger charge is 2.35. The quantitative estimate of drug-likeness (QED) is 0.670. The van der Waals surface area contributed by atoms with E-state index in [1.54, 1.807) is 7.11 Å². The number of rotatable bonds is 7. The molecule has 1 atom stereocenters. The van der Waals surface area contributed by atoms with Crippen LogP contribution in [0.1, 0.15) is 39.5 Å². The summed E-state index contributed by atoms with van der Waals surface area (Å²) in [6, 6.07) is 0.383. The number of amides is 1. The summed E-state index contributed by atoms with van der Waals surface area (Å²) < 4.78 is 5.14. The van der Waals surface area contributed by atoms with Gasteiger partial charge in [0.05, 0.1) is 0 Å². The van der Waals surface area contributed by atoms with Crippen LogP contribution in [-0.2, 0) is 9.53 Å². The van der Waals surface area contributed by atoms with Gasteiger partial charge in [-0.1, -0.05) is 13.8 Å². The van der Waals surface area contributed by atoms with Gasteiger partial charge >= 0.3 is 0 Å². The molecule has 1 saturated carbocycles. The van der Waals surface area contributed by atoms with Gasteiger partial charge in [-0.15, -0.1) is 0 Å². The molecule has 0 N–H and O–H groups in total. The van der Waals surface area contributed by atoms with Gasteiger partial charge in [-0.05, 0) is 31.1 Å². The zero-order chi connectivity index (χ0) is 14.5. The van der Waals surface area contributed by atoms with Gasteiger partial charge in [-0.2, -0.15) is 0 Å². The Hall–Kier alpha value is -0.610. The van der Waals surface area contributed by atoms with Crippen LogP contribution in [0.3, 0.4) is 0 Å². The van der Waals surface area contributed by atoms with Crippen LogP contribution in [0.2, 0.25) is 0 Å². The van der Waals surface area contributed by atoms with Crippen LogP contribution in [0.15, 0.2) is 0 Å². The molecule has 0 aromatic heterocycles. The van der Waals surface area contributed by atoms with E-state index in [0.29, 0.717) is 24.3 Å². The first kappa shape index (κ1) is 15.8. The van der Waals surface area contributed by atoms with E-state index in [4.69, 9.17) is 4.74 Å². The summed E-state index contributed by atoms with van der Waals surface area (Å²) in [5.74, 6) is 1.67. The van der Waals surface area contributed by atoms with Gasteiger partial charge in [-0.25, -0.2) is 0 Å². The fraction of sp³-hybridized carbons (Fsp3) is 0.938. The van der Waals surface area contributed by atoms with Gasteiger partial charge in [0, 0.05) is 52.4 Å². The molecule has 1 aliphatic heterocycles. The molecule has 20 heavy (non-hydrogen) atoms. The summed E-state index contributed by atoms with van der Waals surface area (Å²) in [6.45, 7) is 9.28. The highest BCUT2D eigenvalue weighted by Crippen LogP contribution is 2.32. The Labute approximate surface area is 123 Å². The maximum atomic E-state index is 12.4.